The fraction of sp³-hybridized carbons (Fsp3) is 0.500. The molecule has 0 spiro atoms. The predicted octanol–water partition coefficient (Wildman–Crippen LogP) is 2.47. The first-order chi connectivity index (χ1) is 8.08. The zero-order chi connectivity index (χ0) is 12.4. The molecule has 0 bridgehead atoms. The summed E-state index contributed by atoms with van der Waals surface area (Å²) in [7, 11) is 0. The molecule has 0 saturated carbocycles. The van der Waals surface area contributed by atoms with Crippen molar-refractivity contribution in [1.82, 2.24) is 4.90 Å². The minimum atomic E-state index is -0.833. The lowest BCUT2D eigenvalue weighted by Crippen LogP contribution is -2.21. The summed E-state index contributed by atoms with van der Waals surface area (Å²) >= 11 is 0. The largest absolute Gasteiger partial charge is 0.478 e. The number of nitrogens with zero attached hydrogens (tertiary/aromatic N) is 1. The number of likely N-dealkylation sites (tertiary alicyclic amines) is 1. The first-order valence-corrected chi connectivity index (χ1v) is 6.11. The van der Waals surface area contributed by atoms with Gasteiger partial charge >= 0.3 is 5.97 Å². The van der Waals surface area contributed by atoms with Crippen molar-refractivity contribution < 1.29 is 9.90 Å². The van der Waals surface area contributed by atoms with Gasteiger partial charge in [0, 0.05) is 19.6 Å². The molecule has 1 N–H and O–H groups in total. The molecule has 17 heavy (non-hydrogen) atoms. The molecule has 1 aromatic carbocycles. The van der Waals surface area contributed by atoms with Crippen LogP contribution in [0.1, 0.15) is 29.8 Å². The highest BCUT2D eigenvalue weighted by atomic mass is 16.4. The summed E-state index contributed by atoms with van der Waals surface area (Å²) < 4.78 is 0. The van der Waals surface area contributed by atoms with Crippen molar-refractivity contribution in [1.29, 1.82) is 0 Å². The van der Waals surface area contributed by atoms with Gasteiger partial charge in [0.1, 0.15) is 0 Å². The number of aromatic carboxylic acids is 1. The molecule has 2 unspecified atom stereocenters. The molecule has 1 saturated heterocycles. The first kappa shape index (κ1) is 12.1. The Bertz CT molecular complexity index is 406. The van der Waals surface area contributed by atoms with Gasteiger partial charge in [0.2, 0.25) is 0 Å². The highest BCUT2D eigenvalue weighted by molar-refractivity contribution is 5.89. The molecule has 2 rings (SSSR count). The van der Waals surface area contributed by atoms with E-state index in [1.165, 1.54) is 0 Å². The van der Waals surface area contributed by atoms with Crippen molar-refractivity contribution in [2.24, 2.45) is 11.8 Å². The monoisotopic (exact) mass is 233 g/mol. The topological polar surface area (TPSA) is 40.5 Å². The number of carboxylic acid groups (broad SMARTS) is 1. The Morgan fingerprint density at radius 3 is 2.47 bits per heavy atom. The zero-order valence-electron chi connectivity index (χ0n) is 10.4. The van der Waals surface area contributed by atoms with Gasteiger partial charge in [0.05, 0.1) is 5.56 Å². The van der Waals surface area contributed by atoms with Crippen molar-refractivity contribution in [2.45, 2.75) is 20.4 Å². The molecule has 0 radical (unpaired) electrons. The molecular weight excluding hydrogens is 214 g/mol. The molecule has 1 fully saturated rings. The molecule has 3 nitrogen and oxygen atoms in total. The minimum Gasteiger partial charge on any atom is -0.478 e. The van der Waals surface area contributed by atoms with E-state index in [2.05, 4.69) is 18.7 Å². The number of carboxylic acids is 1. The third-order valence-corrected chi connectivity index (χ3v) is 3.71. The van der Waals surface area contributed by atoms with Crippen LogP contribution in [0.25, 0.3) is 0 Å². The highest BCUT2D eigenvalue weighted by Crippen LogP contribution is 2.24. The number of benzene rings is 1. The maximum absolute atomic E-state index is 11.1. The van der Waals surface area contributed by atoms with E-state index < -0.39 is 5.97 Å². The molecule has 0 aliphatic carbocycles. The maximum atomic E-state index is 11.1. The number of carbonyl (C=O) groups is 1. The summed E-state index contributed by atoms with van der Waals surface area (Å²) in [6, 6.07) is 7.28. The number of hydrogen-bond donors (Lipinski definition) is 1. The quantitative estimate of drug-likeness (QED) is 0.872. The Kier molecular flexibility index (Phi) is 3.48. The van der Waals surface area contributed by atoms with Gasteiger partial charge in [-0.15, -0.1) is 0 Å². The van der Waals surface area contributed by atoms with Gasteiger partial charge in [-0.1, -0.05) is 32.0 Å². The van der Waals surface area contributed by atoms with Gasteiger partial charge in [0.25, 0.3) is 0 Å². The standard InChI is InChI=1S/C14H19NO2/c1-10-7-15(8-11(10)2)9-12-5-3-4-6-13(12)14(16)17/h3-6,10-11H,7-9H2,1-2H3,(H,16,17). The van der Waals surface area contributed by atoms with Crippen molar-refractivity contribution in [3.8, 4) is 0 Å². The van der Waals surface area contributed by atoms with Crippen LogP contribution >= 0.6 is 0 Å². The summed E-state index contributed by atoms with van der Waals surface area (Å²) in [5.74, 6) is 0.569. The van der Waals surface area contributed by atoms with Crippen LogP contribution in [0.3, 0.4) is 0 Å². The van der Waals surface area contributed by atoms with Gasteiger partial charge in [-0.2, -0.15) is 0 Å². The fourth-order valence-electron chi connectivity index (χ4n) is 2.49. The summed E-state index contributed by atoms with van der Waals surface area (Å²) in [6.45, 7) is 7.39. The van der Waals surface area contributed by atoms with E-state index in [1.54, 1.807) is 12.1 Å². The zero-order valence-corrected chi connectivity index (χ0v) is 10.4. The summed E-state index contributed by atoms with van der Waals surface area (Å²) in [6.07, 6.45) is 0. The van der Waals surface area contributed by atoms with Crippen molar-refractivity contribution in [2.75, 3.05) is 13.1 Å². The lowest BCUT2D eigenvalue weighted by Gasteiger charge is -2.16. The summed E-state index contributed by atoms with van der Waals surface area (Å²) in [5.41, 5.74) is 1.35. The molecule has 1 aliphatic heterocycles. The van der Waals surface area contributed by atoms with E-state index in [9.17, 15) is 4.79 Å². The fourth-order valence-corrected chi connectivity index (χ4v) is 2.49. The van der Waals surface area contributed by atoms with E-state index in [-0.39, 0.29) is 0 Å². The van der Waals surface area contributed by atoms with Crippen molar-refractivity contribution in [3.63, 3.8) is 0 Å². The second kappa shape index (κ2) is 4.88. The van der Waals surface area contributed by atoms with Gasteiger partial charge in [-0.3, -0.25) is 4.90 Å². The van der Waals surface area contributed by atoms with Crippen molar-refractivity contribution >= 4 is 5.97 Å². The number of rotatable bonds is 3. The van der Waals surface area contributed by atoms with Crippen LogP contribution < -0.4 is 0 Å². The van der Waals surface area contributed by atoms with Crippen LogP contribution in [0.5, 0.6) is 0 Å². The average Bonchev–Trinajstić information content (AvgIpc) is 2.58. The molecule has 92 valence electrons. The maximum Gasteiger partial charge on any atom is 0.336 e. The van der Waals surface area contributed by atoms with Crippen LogP contribution in [0.4, 0.5) is 0 Å². The normalized spacial score (nSPS) is 25.1. The number of hydrogen-bond acceptors (Lipinski definition) is 2. The van der Waals surface area contributed by atoms with Crippen LogP contribution in [0.2, 0.25) is 0 Å². The molecule has 2 atom stereocenters. The predicted molar refractivity (Wildman–Crippen MR) is 67.0 cm³/mol. The summed E-state index contributed by atoms with van der Waals surface area (Å²) in [4.78, 5) is 13.5. The van der Waals surface area contributed by atoms with E-state index >= 15 is 0 Å². The van der Waals surface area contributed by atoms with Crippen LogP contribution in [0, 0.1) is 11.8 Å². The molecular formula is C14H19NO2. The Morgan fingerprint density at radius 2 is 1.88 bits per heavy atom. The van der Waals surface area contributed by atoms with E-state index in [0.717, 1.165) is 25.2 Å². The lowest BCUT2D eigenvalue weighted by molar-refractivity contribution is 0.0694. The molecule has 1 aromatic rings. The minimum absolute atomic E-state index is 0.430. The van der Waals surface area contributed by atoms with Crippen LogP contribution in [-0.2, 0) is 6.54 Å². The second-order valence-corrected chi connectivity index (χ2v) is 5.11. The van der Waals surface area contributed by atoms with Gasteiger partial charge < -0.3 is 5.11 Å². The van der Waals surface area contributed by atoms with Crippen LogP contribution in [-0.4, -0.2) is 29.1 Å². The lowest BCUT2D eigenvalue weighted by atomic mass is 10.0. The molecule has 3 heteroatoms. The third-order valence-electron chi connectivity index (χ3n) is 3.71. The third kappa shape index (κ3) is 2.67. The second-order valence-electron chi connectivity index (χ2n) is 5.11. The van der Waals surface area contributed by atoms with Gasteiger partial charge in [-0.05, 0) is 23.5 Å². The Hall–Kier alpha value is -1.35. The van der Waals surface area contributed by atoms with E-state index in [4.69, 9.17) is 5.11 Å². The van der Waals surface area contributed by atoms with Crippen LogP contribution in [0.15, 0.2) is 24.3 Å². The van der Waals surface area contributed by atoms with Gasteiger partial charge in [0.15, 0.2) is 0 Å². The van der Waals surface area contributed by atoms with Gasteiger partial charge in [-0.25, -0.2) is 4.79 Å². The van der Waals surface area contributed by atoms with E-state index in [0.29, 0.717) is 17.4 Å². The van der Waals surface area contributed by atoms with E-state index in [1.807, 2.05) is 12.1 Å². The summed E-state index contributed by atoms with van der Waals surface area (Å²) in [5, 5.41) is 9.13. The average molecular weight is 233 g/mol. The highest BCUT2D eigenvalue weighted by Gasteiger charge is 2.26. The smallest absolute Gasteiger partial charge is 0.336 e. The molecule has 0 amide bonds. The Labute approximate surface area is 102 Å². The SMILES string of the molecule is CC1CN(Cc2ccccc2C(=O)O)CC1C. The first-order valence-electron chi connectivity index (χ1n) is 6.11. The molecule has 1 aliphatic rings. The Balaban J connectivity index is 2.11. The Morgan fingerprint density at radius 1 is 1.29 bits per heavy atom. The van der Waals surface area contributed by atoms with Crippen molar-refractivity contribution in [3.05, 3.63) is 35.4 Å². The molecule has 1 heterocycles. The molecule has 0 aromatic heterocycles.